The van der Waals surface area contributed by atoms with E-state index in [-0.39, 0.29) is 18.0 Å². The third-order valence-corrected chi connectivity index (χ3v) is 6.08. The first-order valence-electron chi connectivity index (χ1n) is 11.6. The number of benzene rings is 2. The number of aliphatic carboxylic acids is 1. The molecule has 10 heteroatoms. The molecule has 9 nitrogen and oxygen atoms in total. The van der Waals surface area contributed by atoms with Crippen molar-refractivity contribution in [3.8, 4) is 28.6 Å². The van der Waals surface area contributed by atoms with Gasteiger partial charge < -0.3 is 19.9 Å². The van der Waals surface area contributed by atoms with Crippen molar-refractivity contribution in [2.45, 2.75) is 26.3 Å². The number of pyridine rings is 1. The first-order chi connectivity index (χ1) is 17.7. The molecule has 0 spiro atoms. The number of carbonyl (C=O) groups is 2. The van der Waals surface area contributed by atoms with Gasteiger partial charge in [0.05, 0.1) is 25.4 Å². The molecule has 2 heterocycles. The molecular formula is C27H27ClN4O5. The molecule has 0 saturated heterocycles. The molecule has 0 saturated carbocycles. The zero-order chi connectivity index (χ0) is 26.7. The van der Waals surface area contributed by atoms with Gasteiger partial charge in [-0.15, -0.1) is 0 Å². The summed E-state index contributed by atoms with van der Waals surface area (Å²) in [4.78, 5) is 34.1. The normalized spacial score (nSPS) is 11.9. The van der Waals surface area contributed by atoms with Crippen molar-refractivity contribution in [1.29, 1.82) is 0 Å². The smallest absolute Gasteiger partial charge is 0.326 e. The number of halogens is 1. The second-order valence-electron chi connectivity index (χ2n) is 8.84. The van der Waals surface area contributed by atoms with Gasteiger partial charge in [-0.2, -0.15) is 0 Å². The SMILES string of the molecule is COc1cccc(OC)c1-c1nc(C(=O)N[C@@H](CC(C)C)C(=O)O)cn1-c1ccnc2cc(Cl)ccc12. The molecule has 2 aromatic heterocycles. The molecule has 0 aliphatic rings. The summed E-state index contributed by atoms with van der Waals surface area (Å²) in [5.41, 5.74) is 1.91. The van der Waals surface area contributed by atoms with Crippen LogP contribution in [0.4, 0.5) is 0 Å². The Morgan fingerprint density at radius 3 is 2.43 bits per heavy atom. The van der Waals surface area contributed by atoms with Crippen molar-refractivity contribution in [1.82, 2.24) is 19.9 Å². The fourth-order valence-corrected chi connectivity index (χ4v) is 4.33. The van der Waals surface area contributed by atoms with E-state index in [2.05, 4.69) is 15.3 Å². The van der Waals surface area contributed by atoms with Crippen LogP contribution in [0.1, 0.15) is 30.8 Å². The summed E-state index contributed by atoms with van der Waals surface area (Å²) in [6.07, 6.45) is 3.49. The average Bonchev–Trinajstić information content (AvgIpc) is 3.31. The highest BCUT2D eigenvalue weighted by atomic mass is 35.5. The maximum absolute atomic E-state index is 13.2. The number of hydrogen-bond donors (Lipinski definition) is 2. The largest absolute Gasteiger partial charge is 0.496 e. The van der Waals surface area contributed by atoms with E-state index in [9.17, 15) is 14.7 Å². The zero-order valence-electron chi connectivity index (χ0n) is 20.9. The monoisotopic (exact) mass is 522 g/mol. The number of rotatable bonds is 9. The standard InChI is InChI=1S/C27H27ClN4O5/c1-15(2)12-19(27(34)35)31-26(33)20-14-32(21-10-11-29-18-13-16(28)8-9-17(18)21)25(30-20)24-22(36-3)6-5-7-23(24)37-4/h5-11,13-15,19H,12H2,1-4H3,(H,31,33)(H,34,35)/t19-/m0/s1. The van der Waals surface area contributed by atoms with Crippen LogP contribution in [0.3, 0.4) is 0 Å². The molecule has 2 aromatic carbocycles. The molecular weight excluding hydrogens is 496 g/mol. The highest BCUT2D eigenvalue weighted by Gasteiger charge is 2.26. The fourth-order valence-electron chi connectivity index (χ4n) is 4.16. The van der Waals surface area contributed by atoms with Crippen molar-refractivity contribution in [2.75, 3.05) is 14.2 Å². The van der Waals surface area contributed by atoms with Gasteiger partial charge in [-0.1, -0.05) is 31.5 Å². The van der Waals surface area contributed by atoms with Crippen molar-refractivity contribution >= 4 is 34.4 Å². The van der Waals surface area contributed by atoms with E-state index in [1.165, 1.54) is 14.2 Å². The van der Waals surface area contributed by atoms with Gasteiger partial charge in [-0.3, -0.25) is 14.3 Å². The molecule has 37 heavy (non-hydrogen) atoms. The molecule has 1 atom stereocenters. The zero-order valence-corrected chi connectivity index (χ0v) is 21.6. The second-order valence-corrected chi connectivity index (χ2v) is 9.28. The van der Waals surface area contributed by atoms with Crippen molar-refractivity contribution in [3.63, 3.8) is 0 Å². The molecule has 0 bridgehead atoms. The lowest BCUT2D eigenvalue weighted by atomic mass is 10.0. The molecule has 4 rings (SSSR count). The Kier molecular flexibility index (Phi) is 7.63. The molecule has 192 valence electrons. The van der Waals surface area contributed by atoms with Gasteiger partial charge in [0.15, 0.2) is 5.82 Å². The van der Waals surface area contributed by atoms with Gasteiger partial charge in [-0.05, 0) is 48.7 Å². The van der Waals surface area contributed by atoms with Crippen LogP contribution < -0.4 is 14.8 Å². The summed E-state index contributed by atoms with van der Waals surface area (Å²) in [5, 5.41) is 13.5. The Morgan fingerprint density at radius 2 is 1.81 bits per heavy atom. The molecule has 2 N–H and O–H groups in total. The first-order valence-corrected chi connectivity index (χ1v) is 12.0. The van der Waals surface area contributed by atoms with Gasteiger partial charge in [0.2, 0.25) is 0 Å². The van der Waals surface area contributed by atoms with E-state index in [0.29, 0.717) is 39.1 Å². The third kappa shape index (κ3) is 5.36. The predicted octanol–water partition coefficient (Wildman–Crippen LogP) is 4.99. The highest BCUT2D eigenvalue weighted by Crippen LogP contribution is 2.39. The number of imidazole rings is 1. The van der Waals surface area contributed by atoms with E-state index < -0.39 is 17.9 Å². The van der Waals surface area contributed by atoms with Crippen LogP contribution in [0, 0.1) is 5.92 Å². The Bertz CT molecular complexity index is 1440. The van der Waals surface area contributed by atoms with Gasteiger partial charge in [0.1, 0.15) is 28.8 Å². The van der Waals surface area contributed by atoms with Crippen LogP contribution in [-0.4, -0.2) is 51.8 Å². The van der Waals surface area contributed by atoms with E-state index >= 15 is 0 Å². The molecule has 0 fully saturated rings. The Morgan fingerprint density at radius 1 is 1.11 bits per heavy atom. The summed E-state index contributed by atoms with van der Waals surface area (Å²) < 4.78 is 13.0. The number of carboxylic acid groups (broad SMARTS) is 1. The number of nitrogens with zero attached hydrogens (tertiary/aromatic N) is 3. The summed E-state index contributed by atoms with van der Waals surface area (Å²) in [6, 6.07) is 11.4. The lowest BCUT2D eigenvalue weighted by Gasteiger charge is -2.15. The number of carboxylic acids is 1. The number of nitrogens with one attached hydrogen (secondary N) is 1. The minimum absolute atomic E-state index is 0.0388. The van der Waals surface area contributed by atoms with E-state index in [1.807, 2.05) is 19.9 Å². The van der Waals surface area contributed by atoms with E-state index in [4.69, 9.17) is 21.1 Å². The summed E-state index contributed by atoms with van der Waals surface area (Å²) in [7, 11) is 3.07. The quantitative estimate of drug-likeness (QED) is 0.318. The number of carbonyl (C=O) groups excluding carboxylic acids is 1. The van der Waals surface area contributed by atoms with Crippen molar-refractivity contribution in [2.24, 2.45) is 5.92 Å². The maximum atomic E-state index is 13.2. The Labute approximate surface area is 219 Å². The lowest BCUT2D eigenvalue weighted by Crippen LogP contribution is -2.41. The van der Waals surface area contributed by atoms with Crippen LogP contribution in [-0.2, 0) is 4.79 Å². The summed E-state index contributed by atoms with van der Waals surface area (Å²) in [6.45, 7) is 3.79. The molecule has 4 aromatic rings. The molecule has 0 aliphatic heterocycles. The molecule has 1 amide bonds. The minimum Gasteiger partial charge on any atom is -0.496 e. The fraction of sp³-hybridized carbons (Fsp3) is 0.259. The summed E-state index contributed by atoms with van der Waals surface area (Å²) >= 11 is 6.19. The van der Waals surface area contributed by atoms with Crippen LogP contribution in [0.5, 0.6) is 11.5 Å². The minimum atomic E-state index is -1.11. The maximum Gasteiger partial charge on any atom is 0.326 e. The molecule has 0 unspecified atom stereocenters. The van der Waals surface area contributed by atoms with Crippen LogP contribution in [0.2, 0.25) is 5.02 Å². The second kappa shape index (κ2) is 10.9. The third-order valence-electron chi connectivity index (χ3n) is 5.84. The predicted molar refractivity (Wildman–Crippen MR) is 141 cm³/mol. The number of hydrogen-bond acceptors (Lipinski definition) is 6. The molecule has 0 radical (unpaired) electrons. The highest BCUT2D eigenvalue weighted by molar-refractivity contribution is 6.31. The number of aromatic nitrogens is 3. The van der Waals surface area contributed by atoms with Crippen molar-refractivity contribution < 1.29 is 24.2 Å². The first kappa shape index (κ1) is 26.0. The van der Waals surface area contributed by atoms with Gasteiger partial charge in [-0.25, -0.2) is 9.78 Å². The number of fused-ring (bicyclic) bond motifs is 1. The van der Waals surface area contributed by atoms with Gasteiger partial charge >= 0.3 is 5.97 Å². The number of methoxy groups -OCH3 is 2. The topological polar surface area (TPSA) is 116 Å². The summed E-state index contributed by atoms with van der Waals surface area (Å²) in [5.74, 6) is -0.293. The van der Waals surface area contributed by atoms with Gasteiger partial charge in [0, 0.05) is 22.8 Å². The lowest BCUT2D eigenvalue weighted by molar-refractivity contribution is -0.139. The van der Waals surface area contributed by atoms with Crippen LogP contribution >= 0.6 is 11.6 Å². The number of amides is 1. The van der Waals surface area contributed by atoms with E-state index in [0.717, 1.165) is 5.39 Å². The average molecular weight is 523 g/mol. The Hall–Kier alpha value is -4.11. The van der Waals surface area contributed by atoms with Gasteiger partial charge in [0.25, 0.3) is 5.91 Å². The van der Waals surface area contributed by atoms with E-state index in [1.54, 1.807) is 53.4 Å². The van der Waals surface area contributed by atoms with Crippen molar-refractivity contribution in [3.05, 3.63) is 65.6 Å². The number of ether oxygens (including phenoxy) is 2. The van der Waals surface area contributed by atoms with Crippen LogP contribution in [0.25, 0.3) is 28.0 Å². The Balaban J connectivity index is 1.93. The van der Waals surface area contributed by atoms with Crippen LogP contribution in [0.15, 0.2) is 54.9 Å². The molecule has 0 aliphatic carbocycles.